The maximum absolute atomic E-state index is 11.6. The molecule has 0 heterocycles. The van der Waals surface area contributed by atoms with Crippen molar-refractivity contribution in [3.05, 3.63) is 42.5 Å². The van der Waals surface area contributed by atoms with Gasteiger partial charge in [-0.2, -0.15) is 0 Å². The number of esters is 1. The van der Waals surface area contributed by atoms with Crippen molar-refractivity contribution >= 4 is 35.9 Å². The first kappa shape index (κ1) is 24.2. The van der Waals surface area contributed by atoms with Crippen LogP contribution >= 0.6 is 24.0 Å². The fraction of sp³-hybridized carbons (Fsp3) is 0.474. The molecule has 0 spiro atoms. The highest BCUT2D eigenvalue weighted by Crippen LogP contribution is 2.18. The number of halogens is 1. The van der Waals surface area contributed by atoms with Gasteiger partial charge in [-0.15, -0.1) is 24.0 Å². The normalized spacial score (nSPS) is 10.7. The van der Waals surface area contributed by atoms with Crippen molar-refractivity contribution in [1.29, 1.82) is 0 Å². The molecule has 0 amide bonds. The maximum atomic E-state index is 11.6. The lowest BCUT2D eigenvalue weighted by Crippen LogP contribution is -2.38. The molecule has 146 valence electrons. The Morgan fingerprint density at radius 2 is 2.04 bits per heavy atom. The van der Waals surface area contributed by atoms with Crippen LogP contribution in [-0.4, -0.2) is 37.7 Å². The molecule has 2 N–H and O–H groups in total. The standard InChI is InChI=1S/C19H29N3O3.HI/c1-5-13-24-17-10-8-7-9-16(17)14-22-19(20-6-2)21-12-11-18(23)25-15(3)4;/h5,7-10,15H,1,6,11-14H2,2-4H3,(H2,20,21,22);1H. The minimum Gasteiger partial charge on any atom is -0.489 e. The summed E-state index contributed by atoms with van der Waals surface area (Å²) in [6, 6.07) is 7.77. The molecule has 0 radical (unpaired) electrons. The second-order valence-electron chi connectivity index (χ2n) is 5.62. The fourth-order valence-electron chi connectivity index (χ4n) is 2.03. The van der Waals surface area contributed by atoms with Crippen LogP contribution in [0.5, 0.6) is 5.75 Å². The van der Waals surface area contributed by atoms with Gasteiger partial charge in [0.2, 0.25) is 0 Å². The molecule has 0 aliphatic heterocycles. The summed E-state index contributed by atoms with van der Waals surface area (Å²) in [5, 5.41) is 6.30. The Morgan fingerprint density at radius 3 is 2.69 bits per heavy atom. The molecular weight excluding hydrogens is 445 g/mol. The van der Waals surface area contributed by atoms with Crippen LogP contribution in [0.4, 0.5) is 0 Å². The van der Waals surface area contributed by atoms with Crippen molar-refractivity contribution in [2.45, 2.75) is 39.8 Å². The summed E-state index contributed by atoms with van der Waals surface area (Å²) < 4.78 is 10.7. The van der Waals surface area contributed by atoms with Crippen LogP contribution in [0.25, 0.3) is 0 Å². The Hall–Kier alpha value is -1.77. The monoisotopic (exact) mass is 475 g/mol. The number of rotatable bonds is 10. The summed E-state index contributed by atoms with van der Waals surface area (Å²) in [5.41, 5.74) is 0.987. The van der Waals surface area contributed by atoms with Crippen molar-refractivity contribution in [3.63, 3.8) is 0 Å². The molecule has 0 fully saturated rings. The molecule has 7 heteroatoms. The predicted octanol–water partition coefficient (Wildman–Crippen LogP) is 3.27. The summed E-state index contributed by atoms with van der Waals surface area (Å²) >= 11 is 0. The molecule has 1 aromatic carbocycles. The Morgan fingerprint density at radius 1 is 1.31 bits per heavy atom. The van der Waals surface area contributed by atoms with E-state index in [1.54, 1.807) is 6.08 Å². The minimum absolute atomic E-state index is 0. The third-order valence-corrected chi connectivity index (χ3v) is 3.07. The van der Waals surface area contributed by atoms with E-state index in [1.165, 1.54) is 0 Å². The van der Waals surface area contributed by atoms with Crippen LogP contribution < -0.4 is 15.4 Å². The second-order valence-corrected chi connectivity index (χ2v) is 5.62. The van der Waals surface area contributed by atoms with Crippen molar-refractivity contribution in [1.82, 2.24) is 10.6 Å². The number of aliphatic imine (C=N–C) groups is 1. The average Bonchev–Trinajstić information content (AvgIpc) is 2.58. The third kappa shape index (κ3) is 10.3. The molecule has 0 saturated carbocycles. The van der Waals surface area contributed by atoms with Gasteiger partial charge in [0, 0.05) is 18.7 Å². The number of carbonyl (C=O) groups is 1. The molecule has 6 nitrogen and oxygen atoms in total. The summed E-state index contributed by atoms with van der Waals surface area (Å²) in [4.78, 5) is 16.1. The molecule has 0 aromatic heterocycles. The molecule has 0 unspecified atom stereocenters. The Labute approximate surface area is 173 Å². The van der Waals surface area contributed by atoms with Crippen LogP contribution in [0.3, 0.4) is 0 Å². The smallest absolute Gasteiger partial charge is 0.307 e. The number of benzene rings is 1. The first-order chi connectivity index (χ1) is 12.1. The van der Waals surface area contributed by atoms with Gasteiger partial charge in [-0.25, -0.2) is 4.99 Å². The van der Waals surface area contributed by atoms with Gasteiger partial charge in [0.15, 0.2) is 5.96 Å². The van der Waals surface area contributed by atoms with Gasteiger partial charge < -0.3 is 20.1 Å². The van der Waals surface area contributed by atoms with E-state index in [2.05, 4.69) is 22.2 Å². The summed E-state index contributed by atoms with van der Waals surface area (Å²) in [6.45, 7) is 11.4. The lowest BCUT2D eigenvalue weighted by molar-refractivity contribution is -0.147. The van der Waals surface area contributed by atoms with Gasteiger partial charge in [0.25, 0.3) is 0 Å². The molecular formula is C19H30IN3O3. The number of nitrogens with zero attached hydrogens (tertiary/aromatic N) is 1. The number of guanidine groups is 1. The molecule has 1 aromatic rings. The van der Waals surface area contributed by atoms with Gasteiger partial charge in [0.1, 0.15) is 12.4 Å². The quantitative estimate of drug-likeness (QED) is 0.179. The first-order valence-electron chi connectivity index (χ1n) is 8.60. The number of nitrogens with one attached hydrogen (secondary N) is 2. The van der Waals surface area contributed by atoms with Gasteiger partial charge >= 0.3 is 5.97 Å². The molecule has 0 atom stereocenters. The van der Waals surface area contributed by atoms with E-state index in [-0.39, 0.29) is 36.0 Å². The van der Waals surface area contributed by atoms with Crippen molar-refractivity contribution in [2.24, 2.45) is 4.99 Å². The summed E-state index contributed by atoms with van der Waals surface area (Å²) in [6.07, 6.45) is 1.91. The van der Waals surface area contributed by atoms with E-state index in [4.69, 9.17) is 9.47 Å². The van der Waals surface area contributed by atoms with E-state index in [0.717, 1.165) is 17.9 Å². The van der Waals surface area contributed by atoms with E-state index >= 15 is 0 Å². The van der Waals surface area contributed by atoms with Crippen LogP contribution in [0.1, 0.15) is 32.8 Å². The molecule has 0 aliphatic rings. The van der Waals surface area contributed by atoms with Crippen molar-refractivity contribution < 1.29 is 14.3 Å². The van der Waals surface area contributed by atoms with Gasteiger partial charge in [-0.3, -0.25) is 4.79 Å². The molecule has 1 rings (SSSR count). The zero-order valence-corrected chi connectivity index (χ0v) is 18.1. The topological polar surface area (TPSA) is 72.0 Å². The van der Waals surface area contributed by atoms with Crippen molar-refractivity contribution in [3.8, 4) is 5.75 Å². The highest BCUT2D eigenvalue weighted by Gasteiger charge is 2.06. The SMILES string of the molecule is C=CCOc1ccccc1CN=C(NCC)NCCC(=O)OC(C)C.I. The number of hydrogen-bond donors (Lipinski definition) is 2. The largest absolute Gasteiger partial charge is 0.489 e. The molecule has 0 bridgehead atoms. The van der Waals surface area contributed by atoms with Gasteiger partial charge in [-0.1, -0.05) is 30.9 Å². The first-order valence-corrected chi connectivity index (χ1v) is 8.60. The molecule has 26 heavy (non-hydrogen) atoms. The zero-order valence-electron chi connectivity index (χ0n) is 15.8. The van der Waals surface area contributed by atoms with E-state index in [0.29, 0.717) is 32.1 Å². The highest BCUT2D eigenvalue weighted by atomic mass is 127. The summed E-state index contributed by atoms with van der Waals surface area (Å²) in [5.74, 6) is 1.22. The van der Waals surface area contributed by atoms with Gasteiger partial charge in [-0.05, 0) is 26.8 Å². The number of para-hydroxylation sites is 1. The lowest BCUT2D eigenvalue weighted by Gasteiger charge is -2.13. The number of carbonyl (C=O) groups excluding carboxylic acids is 1. The van der Waals surface area contributed by atoms with Crippen LogP contribution in [-0.2, 0) is 16.1 Å². The molecule has 0 saturated heterocycles. The second kappa shape index (κ2) is 14.4. The Balaban J connectivity index is 0.00000625. The zero-order chi connectivity index (χ0) is 18.5. The number of ether oxygens (including phenoxy) is 2. The van der Waals surface area contributed by atoms with E-state index < -0.39 is 0 Å². The van der Waals surface area contributed by atoms with Crippen LogP contribution in [0, 0.1) is 0 Å². The minimum atomic E-state index is -0.221. The van der Waals surface area contributed by atoms with E-state index in [1.807, 2.05) is 45.0 Å². The van der Waals surface area contributed by atoms with Crippen LogP contribution in [0.15, 0.2) is 41.9 Å². The Bertz CT molecular complexity index is 577. The van der Waals surface area contributed by atoms with E-state index in [9.17, 15) is 4.79 Å². The lowest BCUT2D eigenvalue weighted by atomic mass is 10.2. The molecule has 0 aliphatic carbocycles. The average molecular weight is 475 g/mol. The third-order valence-electron chi connectivity index (χ3n) is 3.07. The maximum Gasteiger partial charge on any atom is 0.307 e. The van der Waals surface area contributed by atoms with Crippen LogP contribution in [0.2, 0.25) is 0 Å². The van der Waals surface area contributed by atoms with Gasteiger partial charge in [0.05, 0.1) is 19.1 Å². The number of hydrogen-bond acceptors (Lipinski definition) is 4. The summed E-state index contributed by atoms with van der Waals surface area (Å²) in [7, 11) is 0. The Kier molecular flexibility index (Phi) is 13.4. The predicted molar refractivity (Wildman–Crippen MR) is 116 cm³/mol. The highest BCUT2D eigenvalue weighted by molar-refractivity contribution is 14.0. The fourth-order valence-corrected chi connectivity index (χ4v) is 2.03. The van der Waals surface area contributed by atoms with Crippen molar-refractivity contribution in [2.75, 3.05) is 19.7 Å².